The van der Waals surface area contributed by atoms with E-state index >= 15 is 0 Å². The maximum Gasteiger partial charge on any atom is 0.244 e. The highest BCUT2D eigenvalue weighted by molar-refractivity contribution is 5.96. The molecule has 8 heteroatoms. The van der Waals surface area contributed by atoms with Gasteiger partial charge in [0.05, 0.1) is 37.1 Å². The van der Waals surface area contributed by atoms with Crippen LogP contribution in [0.5, 0.6) is 11.5 Å². The summed E-state index contributed by atoms with van der Waals surface area (Å²) >= 11 is 0. The lowest BCUT2D eigenvalue weighted by Gasteiger charge is -2.35. The van der Waals surface area contributed by atoms with Gasteiger partial charge in [0.15, 0.2) is 11.5 Å². The largest absolute Gasteiger partial charge is 0.493 e. The van der Waals surface area contributed by atoms with Gasteiger partial charge in [-0.15, -0.1) is 0 Å². The van der Waals surface area contributed by atoms with Gasteiger partial charge >= 0.3 is 0 Å². The van der Waals surface area contributed by atoms with Crippen LogP contribution in [0.4, 0.5) is 0 Å². The highest BCUT2D eigenvalue weighted by Gasteiger charge is 2.33. The molecule has 2 aliphatic rings. The fraction of sp³-hybridized carbons (Fsp3) is 0.452. The van der Waals surface area contributed by atoms with Crippen LogP contribution in [0.2, 0.25) is 0 Å². The van der Waals surface area contributed by atoms with Crippen molar-refractivity contribution in [2.45, 2.75) is 71.1 Å². The summed E-state index contributed by atoms with van der Waals surface area (Å²) < 4.78 is 19.2. The normalized spacial score (nSPS) is 20.1. The van der Waals surface area contributed by atoms with E-state index in [1.54, 1.807) is 26.4 Å². The fourth-order valence-electron chi connectivity index (χ4n) is 6.30. The lowest BCUT2D eigenvalue weighted by atomic mass is 9.94. The van der Waals surface area contributed by atoms with E-state index < -0.39 is 0 Å². The average Bonchev–Trinajstić information content (AvgIpc) is 3.44. The Kier molecular flexibility index (Phi) is 7.13. The number of aromatic nitrogens is 2. The molecule has 1 N–H and O–H groups in total. The van der Waals surface area contributed by atoms with E-state index in [9.17, 15) is 10.1 Å². The fourth-order valence-corrected chi connectivity index (χ4v) is 6.30. The Morgan fingerprint density at radius 3 is 2.74 bits per heavy atom. The second-order valence-corrected chi connectivity index (χ2v) is 11.1. The van der Waals surface area contributed by atoms with Crippen LogP contribution in [0.3, 0.4) is 0 Å². The second kappa shape index (κ2) is 10.4. The second-order valence-electron chi connectivity index (χ2n) is 11.1. The summed E-state index contributed by atoms with van der Waals surface area (Å²) in [6, 6.07) is 8.38. The smallest absolute Gasteiger partial charge is 0.244 e. The molecule has 2 unspecified atom stereocenters. The molecule has 2 atom stereocenters. The SMILES string of the molecule is COc1ccc2c(c1OC)CCC2n1c(C=CC(=O)NC2CCOC(C)(C)C2)c(C#N)c2c(C)cc(C)nc21. The van der Waals surface area contributed by atoms with Gasteiger partial charge in [0.2, 0.25) is 5.91 Å². The summed E-state index contributed by atoms with van der Waals surface area (Å²) in [6.07, 6.45) is 6.46. The van der Waals surface area contributed by atoms with Crippen LogP contribution in [0.15, 0.2) is 24.3 Å². The van der Waals surface area contributed by atoms with E-state index in [0.717, 1.165) is 64.9 Å². The van der Waals surface area contributed by atoms with Crippen LogP contribution in [-0.2, 0) is 16.0 Å². The summed E-state index contributed by atoms with van der Waals surface area (Å²) in [6.45, 7) is 8.67. The molecule has 204 valence electrons. The van der Waals surface area contributed by atoms with Crippen molar-refractivity contribution >= 4 is 23.0 Å². The molecule has 0 saturated carbocycles. The molecule has 0 spiro atoms. The number of amides is 1. The van der Waals surface area contributed by atoms with Crippen molar-refractivity contribution in [2.24, 2.45) is 0 Å². The van der Waals surface area contributed by atoms with Crippen LogP contribution in [0, 0.1) is 25.2 Å². The van der Waals surface area contributed by atoms with Crippen LogP contribution in [0.25, 0.3) is 17.1 Å². The van der Waals surface area contributed by atoms with Crippen LogP contribution >= 0.6 is 0 Å². The number of nitrogens with one attached hydrogen (secondary N) is 1. The van der Waals surface area contributed by atoms with E-state index in [0.29, 0.717) is 23.6 Å². The number of hydrogen-bond donors (Lipinski definition) is 1. The maximum atomic E-state index is 13.0. The van der Waals surface area contributed by atoms with Gasteiger partial charge < -0.3 is 24.1 Å². The number of carbonyl (C=O) groups excluding carboxylic acids is 1. The summed E-state index contributed by atoms with van der Waals surface area (Å²) in [7, 11) is 3.30. The zero-order chi connectivity index (χ0) is 27.9. The van der Waals surface area contributed by atoms with Gasteiger partial charge in [0.25, 0.3) is 0 Å². The number of nitriles is 1. The molecule has 1 saturated heterocycles. The number of rotatable bonds is 6. The Morgan fingerprint density at radius 1 is 1.26 bits per heavy atom. The number of ether oxygens (including phenoxy) is 3. The molecule has 0 radical (unpaired) electrons. The van der Waals surface area contributed by atoms with Gasteiger partial charge in [-0.2, -0.15) is 5.26 Å². The molecule has 39 heavy (non-hydrogen) atoms. The third-order valence-corrected chi connectivity index (χ3v) is 7.89. The zero-order valence-corrected chi connectivity index (χ0v) is 23.6. The minimum Gasteiger partial charge on any atom is -0.493 e. The molecule has 2 aromatic heterocycles. The van der Waals surface area contributed by atoms with Crippen molar-refractivity contribution in [3.05, 3.63) is 57.9 Å². The molecule has 5 rings (SSSR count). The molecule has 3 aromatic rings. The van der Waals surface area contributed by atoms with Crippen molar-refractivity contribution in [1.82, 2.24) is 14.9 Å². The van der Waals surface area contributed by atoms with E-state index in [1.165, 1.54) is 0 Å². The van der Waals surface area contributed by atoms with Gasteiger partial charge in [-0.25, -0.2) is 4.98 Å². The average molecular weight is 529 g/mol. The minimum atomic E-state index is -0.263. The van der Waals surface area contributed by atoms with Crippen LogP contribution < -0.4 is 14.8 Å². The van der Waals surface area contributed by atoms with Crippen molar-refractivity contribution in [3.8, 4) is 17.6 Å². The maximum absolute atomic E-state index is 13.0. The lowest BCUT2D eigenvalue weighted by molar-refractivity contribution is -0.119. The number of fused-ring (bicyclic) bond motifs is 2. The molecule has 0 bridgehead atoms. The Labute approximate surface area is 229 Å². The minimum absolute atomic E-state index is 0.0444. The first-order chi connectivity index (χ1) is 18.7. The lowest BCUT2D eigenvalue weighted by Crippen LogP contribution is -2.45. The van der Waals surface area contributed by atoms with Crippen molar-refractivity contribution in [3.63, 3.8) is 0 Å². The van der Waals surface area contributed by atoms with Crippen LogP contribution in [-0.4, -0.2) is 47.9 Å². The molecule has 1 aliphatic carbocycles. The number of carbonyl (C=O) groups is 1. The first kappa shape index (κ1) is 26.8. The molecule has 8 nitrogen and oxygen atoms in total. The Bertz CT molecular complexity index is 1510. The monoisotopic (exact) mass is 528 g/mol. The van der Waals surface area contributed by atoms with Gasteiger partial charge in [-0.05, 0) is 82.7 Å². The van der Waals surface area contributed by atoms with Crippen molar-refractivity contribution in [1.29, 1.82) is 5.26 Å². The van der Waals surface area contributed by atoms with Gasteiger partial charge in [-0.3, -0.25) is 4.79 Å². The first-order valence-electron chi connectivity index (χ1n) is 13.5. The summed E-state index contributed by atoms with van der Waals surface area (Å²) in [5.41, 5.74) is 5.78. The molecular formula is C31H36N4O4. The highest BCUT2D eigenvalue weighted by atomic mass is 16.5. The Balaban J connectivity index is 1.60. The number of aryl methyl sites for hydroxylation is 2. The number of nitrogens with zero attached hydrogens (tertiary/aromatic N) is 3. The Morgan fingerprint density at radius 2 is 2.05 bits per heavy atom. The molecule has 1 aliphatic heterocycles. The van der Waals surface area contributed by atoms with E-state index in [4.69, 9.17) is 19.2 Å². The summed E-state index contributed by atoms with van der Waals surface area (Å²) in [5, 5.41) is 14.3. The highest BCUT2D eigenvalue weighted by Crippen LogP contribution is 2.46. The number of methoxy groups -OCH3 is 2. The van der Waals surface area contributed by atoms with Crippen molar-refractivity contribution in [2.75, 3.05) is 20.8 Å². The zero-order valence-electron chi connectivity index (χ0n) is 23.6. The predicted octanol–water partition coefficient (Wildman–Crippen LogP) is 5.16. The summed E-state index contributed by atoms with van der Waals surface area (Å²) in [4.78, 5) is 17.9. The third kappa shape index (κ3) is 4.87. The number of pyridine rings is 1. The number of benzene rings is 1. The van der Waals surface area contributed by atoms with E-state index in [-0.39, 0.29) is 23.6 Å². The first-order valence-corrected chi connectivity index (χ1v) is 13.5. The quantitative estimate of drug-likeness (QED) is 0.444. The molecule has 1 amide bonds. The molecule has 3 heterocycles. The molecular weight excluding hydrogens is 492 g/mol. The molecule has 1 aromatic carbocycles. The van der Waals surface area contributed by atoms with E-state index in [2.05, 4.69) is 22.0 Å². The summed E-state index contributed by atoms with van der Waals surface area (Å²) in [5.74, 6) is 1.26. The van der Waals surface area contributed by atoms with Gasteiger partial charge in [-0.1, -0.05) is 6.07 Å². The van der Waals surface area contributed by atoms with E-state index in [1.807, 2.05) is 39.8 Å². The number of hydrogen-bond acceptors (Lipinski definition) is 6. The Hall–Kier alpha value is -3.83. The van der Waals surface area contributed by atoms with Gasteiger partial charge in [0.1, 0.15) is 11.7 Å². The van der Waals surface area contributed by atoms with Crippen molar-refractivity contribution < 1.29 is 19.0 Å². The van der Waals surface area contributed by atoms with Crippen LogP contribution in [0.1, 0.15) is 72.8 Å². The van der Waals surface area contributed by atoms with Gasteiger partial charge in [0, 0.05) is 35.4 Å². The topological polar surface area (TPSA) is 98.4 Å². The standard InChI is InChI=1S/C31H36N4O4/c1-18-15-19(2)33-30-28(18)23(17-32)25(10-12-27(36)34-20-13-14-39-31(3,4)16-20)35(30)24-9-7-22-21(24)8-11-26(37-5)29(22)38-6/h8,10-12,15,20,24H,7,9,13-14,16H2,1-6H3,(H,34,36). The predicted molar refractivity (Wildman–Crippen MR) is 150 cm³/mol. The third-order valence-electron chi connectivity index (χ3n) is 7.89. The molecule has 1 fully saturated rings.